The summed E-state index contributed by atoms with van der Waals surface area (Å²) < 4.78 is 10.7. The van der Waals surface area contributed by atoms with Crippen LogP contribution in [0.4, 0.5) is 17.3 Å². The number of benzene rings is 1. The lowest BCUT2D eigenvalue weighted by Crippen LogP contribution is -2.23. The fourth-order valence-electron chi connectivity index (χ4n) is 3.33. The molecule has 2 aromatic rings. The standard InChI is InChI=1S/C18H23N5O2/c19-16-17(20-9-12-6-7-14-15(8-12)25-11-24-14)21-10-22-18(16)23-13-4-2-1-3-5-13/h6-8,10,13H,1-5,9,11,19H2,(H2,20,21,22,23). The number of rotatable bonds is 5. The summed E-state index contributed by atoms with van der Waals surface area (Å²) in [5.74, 6) is 2.92. The molecule has 2 aliphatic rings. The smallest absolute Gasteiger partial charge is 0.231 e. The molecular weight excluding hydrogens is 318 g/mol. The zero-order chi connectivity index (χ0) is 17.1. The number of aromatic nitrogens is 2. The van der Waals surface area contributed by atoms with E-state index in [0.717, 1.165) is 22.9 Å². The third kappa shape index (κ3) is 3.55. The molecule has 0 bridgehead atoms. The molecule has 0 atom stereocenters. The summed E-state index contributed by atoms with van der Waals surface area (Å²) in [4.78, 5) is 8.59. The molecular formula is C18H23N5O2. The highest BCUT2D eigenvalue weighted by Gasteiger charge is 2.17. The fraction of sp³-hybridized carbons (Fsp3) is 0.444. The number of fused-ring (bicyclic) bond motifs is 1. The Morgan fingerprint density at radius 3 is 2.72 bits per heavy atom. The van der Waals surface area contributed by atoms with E-state index >= 15 is 0 Å². The molecule has 1 aromatic carbocycles. The number of nitrogens with zero attached hydrogens (tertiary/aromatic N) is 2. The van der Waals surface area contributed by atoms with E-state index in [2.05, 4.69) is 20.6 Å². The Hall–Kier alpha value is -2.70. The van der Waals surface area contributed by atoms with E-state index in [1.165, 1.54) is 32.1 Å². The van der Waals surface area contributed by atoms with Gasteiger partial charge in [0.2, 0.25) is 6.79 Å². The van der Waals surface area contributed by atoms with Gasteiger partial charge in [0, 0.05) is 12.6 Å². The van der Waals surface area contributed by atoms with E-state index in [9.17, 15) is 0 Å². The Kier molecular flexibility index (Phi) is 4.45. The second kappa shape index (κ2) is 7.04. The van der Waals surface area contributed by atoms with Crippen molar-refractivity contribution in [1.82, 2.24) is 9.97 Å². The topological polar surface area (TPSA) is 94.3 Å². The Morgan fingerprint density at radius 1 is 1.04 bits per heavy atom. The molecule has 4 N–H and O–H groups in total. The fourth-order valence-corrected chi connectivity index (χ4v) is 3.33. The minimum absolute atomic E-state index is 0.279. The number of hydrogen-bond donors (Lipinski definition) is 3. The molecule has 25 heavy (non-hydrogen) atoms. The Morgan fingerprint density at radius 2 is 1.84 bits per heavy atom. The van der Waals surface area contributed by atoms with Gasteiger partial charge in [-0.05, 0) is 30.5 Å². The third-order valence-electron chi connectivity index (χ3n) is 4.73. The molecule has 2 heterocycles. The summed E-state index contributed by atoms with van der Waals surface area (Å²) in [7, 11) is 0. The van der Waals surface area contributed by atoms with Crippen molar-refractivity contribution in [1.29, 1.82) is 0 Å². The first-order chi connectivity index (χ1) is 12.3. The van der Waals surface area contributed by atoms with Crippen LogP contribution in [0.5, 0.6) is 11.5 Å². The molecule has 7 nitrogen and oxygen atoms in total. The van der Waals surface area contributed by atoms with E-state index in [1.54, 1.807) is 6.33 Å². The average molecular weight is 341 g/mol. The van der Waals surface area contributed by atoms with Gasteiger partial charge in [0.15, 0.2) is 23.1 Å². The van der Waals surface area contributed by atoms with Crippen LogP contribution in [0.15, 0.2) is 24.5 Å². The van der Waals surface area contributed by atoms with Crippen LogP contribution < -0.4 is 25.8 Å². The van der Waals surface area contributed by atoms with Crippen molar-refractivity contribution in [3.63, 3.8) is 0 Å². The van der Waals surface area contributed by atoms with E-state index in [1.807, 2.05) is 18.2 Å². The predicted octanol–water partition coefficient (Wildman–Crippen LogP) is 3.14. The van der Waals surface area contributed by atoms with Gasteiger partial charge in [0.05, 0.1) is 0 Å². The molecule has 1 aliphatic carbocycles. The van der Waals surface area contributed by atoms with Crippen LogP contribution in [0, 0.1) is 0 Å². The van der Waals surface area contributed by atoms with Gasteiger partial charge in [0.25, 0.3) is 0 Å². The number of anilines is 3. The number of nitrogen functional groups attached to an aromatic ring is 1. The van der Waals surface area contributed by atoms with Gasteiger partial charge in [-0.3, -0.25) is 0 Å². The summed E-state index contributed by atoms with van der Waals surface area (Å²) in [6.45, 7) is 0.877. The van der Waals surface area contributed by atoms with Crippen LogP contribution in [-0.2, 0) is 6.54 Å². The van der Waals surface area contributed by atoms with Crippen LogP contribution in [0.25, 0.3) is 0 Å². The highest BCUT2D eigenvalue weighted by Crippen LogP contribution is 2.33. The van der Waals surface area contributed by atoms with Crippen LogP contribution >= 0.6 is 0 Å². The van der Waals surface area contributed by atoms with Gasteiger partial charge in [-0.2, -0.15) is 0 Å². The van der Waals surface area contributed by atoms with Crippen LogP contribution in [0.1, 0.15) is 37.7 Å². The molecule has 7 heteroatoms. The summed E-state index contributed by atoms with van der Waals surface area (Å²) in [5, 5.41) is 6.75. The minimum Gasteiger partial charge on any atom is -0.454 e. The van der Waals surface area contributed by atoms with Gasteiger partial charge < -0.3 is 25.8 Å². The maximum absolute atomic E-state index is 6.26. The van der Waals surface area contributed by atoms with Crippen LogP contribution in [-0.4, -0.2) is 22.8 Å². The van der Waals surface area contributed by atoms with Crippen LogP contribution in [0.3, 0.4) is 0 Å². The van der Waals surface area contributed by atoms with E-state index < -0.39 is 0 Å². The van der Waals surface area contributed by atoms with Gasteiger partial charge in [0.1, 0.15) is 12.0 Å². The summed E-state index contributed by atoms with van der Waals surface area (Å²) in [6.07, 6.45) is 7.73. The molecule has 0 radical (unpaired) electrons. The van der Waals surface area contributed by atoms with Crippen molar-refractivity contribution in [2.24, 2.45) is 0 Å². The second-order valence-corrected chi connectivity index (χ2v) is 6.50. The third-order valence-corrected chi connectivity index (χ3v) is 4.73. The Labute approximate surface area is 147 Å². The van der Waals surface area contributed by atoms with E-state index in [0.29, 0.717) is 24.1 Å². The molecule has 1 aromatic heterocycles. The number of nitrogens with two attached hydrogens (primary N) is 1. The van der Waals surface area contributed by atoms with Crippen molar-refractivity contribution in [3.05, 3.63) is 30.1 Å². The Bertz CT molecular complexity index is 746. The zero-order valence-electron chi connectivity index (χ0n) is 14.1. The molecule has 1 fully saturated rings. The first kappa shape index (κ1) is 15.8. The monoisotopic (exact) mass is 341 g/mol. The van der Waals surface area contributed by atoms with Gasteiger partial charge in [-0.25, -0.2) is 9.97 Å². The number of nitrogens with one attached hydrogen (secondary N) is 2. The van der Waals surface area contributed by atoms with Crippen molar-refractivity contribution in [2.45, 2.75) is 44.7 Å². The van der Waals surface area contributed by atoms with Crippen LogP contribution in [0.2, 0.25) is 0 Å². The number of hydrogen-bond acceptors (Lipinski definition) is 7. The largest absolute Gasteiger partial charge is 0.454 e. The van der Waals surface area contributed by atoms with E-state index in [-0.39, 0.29) is 6.79 Å². The lowest BCUT2D eigenvalue weighted by molar-refractivity contribution is 0.174. The maximum Gasteiger partial charge on any atom is 0.231 e. The predicted molar refractivity (Wildman–Crippen MR) is 96.8 cm³/mol. The van der Waals surface area contributed by atoms with Gasteiger partial charge >= 0.3 is 0 Å². The van der Waals surface area contributed by atoms with Crippen molar-refractivity contribution >= 4 is 17.3 Å². The molecule has 0 spiro atoms. The average Bonchev–Trinajstić information content (AvgIpc) is 3.11. The summed E-state index contributed by atoms with van der Waals surface area (Å²) >= 11 is 0. The van der Waals surface area contributed by atoms with Gasteiger partial charge in [-0.15, -0.1) is 0 Å². The molecule has 1 aliphatic heterocycles. The van der Waals surface area contributed by atoms with E-state index in [4.69, 9.17) is 15.2 Å². The molecule has 4 rings (SSSR count). The Balaban J connectivity index is 1.42. The second-order valence-electron chi connectivity index (χ2n) is 6.50. The highest BCUT2D eigenvalue weighted by molar-refractivity contribution is 5.74. The molecule has 0 saturated heterocycles. The molecule has 1 saturated carbocycles. The zero-order valence-corrected chi connectivity index (χ0v) is 14.1. The van der Waals surface area contributed by atoms with Gasteiger partial charge in [-0.1, -0.05) is 25.3 Å². The normalized spacial score (nSPS) is 16.6. The molecule has 0 unspecified atom stereocenters. The van der Waals surface area contributed by atoms with Crippen molar-refractivity contribution in [3.8, 4) is 11.5 Å². The maximum atomic E-state index is 6.26. The SMILES string of the molecule is Nc1c(NCc2ccc3c(c2)OCO3)ncnc1NC1CCCCC1. The molecule has 132 valence electrons. The molecule has 0 amide bonds. The first-order valence-electron chi connectivity index (χ1n) is 8.79. The number of ether oxygens (including phenoxy) is 2. The minimum atomic E-state index is 0.279. The highest BCUT2D eigenvalue weighted by atomic mass is 16.7. The lowest BCUT2D eigenvalue weighted by atomic mass is 9.95. The van der Waals surface area contributed by atoms with Crippen molar-refractivity contribution < 1.29 is 9.47 Å². The first-order valence-corrected chi connectivity index (χ1v) is 8.79. The lowest BCUT2D eigenvalue weighted by Gasteiger charge is -2.24. The quantitative estimate of drug-likeness (QED) is 0.769. The van der Waals surface area contributed by atoms with Crippen molar-refractivity contribution in [2.75, 3.05) is 23.2 Å². The summed E-state index contributed by atoms with van der Waals surface area (Å²) in [5.41, 5.74) is 7.90. The summed E-state index contributed by atoms with van der Waals surface area (Å²) in [6, 6.07) is 6.33.